The van der Waals surface area contributed by atoms with Crippen LogP contribution in [0.4, 0.5) is 0 Å². The molecule has 0 unspecified atom stereocenters. The molecule has 0 saturated heterocycles. The third kappa shape index (κ3) is 1.64. The molecule has 0 spiro atoms. The number of hydrogen-bond acceptors (Lipinski definition) is 3. The number of nitrogens with zero attached hydrogens (tertiary/aromatic N) is 1. The predicted octanol–water partition coefficient (Wildman–Crippen LogP) is 1.18. The van der Waals surface area contributed by atoms with Crippen molar-refractivity contribution in [1.29, 1.82) is 0 Å². The fraction of sp³-hybridized carbons (Fsp3) is 0. The van der Waals surface area contributed by atoms with Gasteiger partial charge >= 0.3 is 0 Å². The lowest BCUT2D eigenvalue weighted by molar-refractivity contribution is -0.103. The Morgan fingerprint density at radius 3 is 2.82 bits per heavy atom. The molecule has 0 aliphatic rings. The van der Waals surface area contributed by atoms with Gasteiger partial charge in [0, 0.05) is 6.20 Å². The average Bonchev–Trinajstić information content (AvgIpc) is 2.09. The largest absolute Gasteiger partial charge is 0.515 e. The van der Waals surface area contributed by atoms with Crippen LogP contribution in [0.15, 0.2) is 30.7 Å². The maximum atomic E-state index is 10.3. The summed E-state index contributed by atoms with van der Waals surface area (Å²) in [5.74, 6) is 0. The number of hydrogen-bond donors (Lipinski definition) is 1. The normalized spacial score (nSPS) is 11.1. The number of carbonyl (C=O) groups excluding carboxylic acids is 1. The first-order chi connectivity index (χ1) is 5.38. The zero-order chi connectivity index (χ0) is 8.10. The maximum Gasteiger partial charge on any atom is 0.155 e. The van der Waals surface area contributed by atoms with E-state index in [1.807, 2.05) is 0 Å². The van der Waals surface area contributed by atoms with E-state index in [1.54, 1.807) is 24.4 Å². The van der Waals surface area contributed by atoms with Crippen LogP contribution in [-0.4, -0.2) is 16.4 Å². The summed E-state index contributed by atoms with van der Waals surface area (Å²) in [7, 11) is 0. The minimum absolute atomic E-state index is 0.186. The van der Waals surface area contributed by atoms with Crippen LogP contribution in [0.25, 0.3) is 5.57 Å². The fourth-order valence-corrected chi connectivity index (χ4v) is 0.690. The van der Waals surface area contributed by atoms with Crippen LogP contribution in [0, 0.1) is 0 Å². The summed E-state index contributed by atoms with van der Waals surface area (Å²) in [6, 6.07) is 5.13. The van der Waals surface area contributed by atoms with Gasteiger partial charge in [-0.15, -0.1) is 0 Å². The fourth-order valence-electron chi connectivity index (χ4n) is 0.690. The van der Waals surface area contributed by atoms with Crippen LogP contribution in [-0.2, 0) is 4.79 Å². The molecular weight excluding hydrogens is 142 g/mol. The lowest BCUT2D eigenvalue weighted by atomic mass is 10.2. The highest BCUT2D eigenvalue weighted by molar-refractivity contribution is 6.05. The molecule has 1 aromatic rings. The lowest BCUT2D eigenvalue weighted by Crippen LogP contribution is -1.88. The van der Waals surface area contributed by atoms with Crippen molar-refractivity contribution in [3.8, 4) is 0 Å². The molecule has 0 aliphatic carbocycles. The van der Waals surface area contributed by atoms with Crippen LogP contribution < -0.4 is 0 Å². The van der Waals surface area contributed by atoms with Crippen molar-refractivity contribution in [1.82, 2.24) is 4.98 Å². The summed E-state index contributed by atoms with van der Waals surface area (Å²) in [5.41, 5.74) is 0.663. The first-order valence-corrected chi connectivity index (χ1v) is 3.09. The third-order valence-corrected chi connectivity index (χ3v) is 1.23. The molecule has 0 saturated carbocycles. The number of aldehydes is 1. The van der Waals surface area contributed by atoms with Gasteiger partial charge in [0.2, 0.25) is 0 Å². The summed E-state index contributed by atoms with van der Waals surface area (Å²) >= 11 is 0. The molecule has 0 aliphatic heterocycles. The summed E-state index contributed by atoms with van der Waals surface area (Å²) in [6.45, 7) is 0. The van der Waals surface area contributed by atoms with E-state index in [-0.39, 0.29) is 5.57 Å². The van der Waals surface area contributed by atoms with Gasteiger partial charge in [0.15, 0.2) is 6.29 Å². The molecule has 3 nitrogen and oxygen atoms in total. The van der Waals surface area contributed by atoms with E-state index in [0.717, 1.165) is 6.26 Å². The molecule has 0 fully saturated rings. The van der Waals surface area contributed by atoms with Gasteiger partial charge < -0.3 is 5.11 Å². The van der Waals surface area contributed by atoms with Gasteiger partial charge in [-0.25, -0.2) is 0 Å². The number of rotatable bonds is 2. The van der Waals surface area contributed by atoms with Crippen molar-refractivity contribution in [2.45, 2.75) is 0 Å². The van der Waals surface area contributed by atoms with Crippen molar-refractivity contribution in [3.05, 3.63) is 36.4 Å². The molecule has 0 aromatic carbocycles. The smallest absolute Gasteiger partial charge is 0.155 e. The molecule has 1 heterocycles. The SMILES string of the molecule is O=CC(=CO)c1ccccn1. The van der Waals surface area contributed by atoms with E-state index < -0.39 is 0 Å². The van der Waals surface area contributed by atoms with Gasteiger partial charge in [0.05, 0.1) is 17.5 Å². The highest BCUT2D eigenvalue weighted by Gasteiger charge is 1.98. The molecule has 0 amide bonds. The molecule has 0 radical (unpaired) electrons. The van der Waals surface area contributed by atoms with Gasteiger partial charge in [-0.3, -0.25) is 9.78 Å². The Morgan fingerprint density at radius 1 is 1.55 bits per heavy atom. The lowest BCUT2D eigenvalue weighted by Gasteiger charge is -1.93. The Kier molecular flexibility index (Phi) is 2.38. The van der Waals surface area contributed by atoms with E-state index in [1.165, 1.54) is 0 Å². The van der Waals surface area contributed by atoms with E-state index in [2.05, 4.69) is 4.98 Å². The molecule has 11 heavy (non-hydrogen) atoms. The second kappa shape index (κ2) is 3.51. The number of aliphatic hydroxyl groups excluding tert-OH is 1. The molecule has 56 valence electrons. The van der Waals surface area contributed by atoms with Crippen LogP contribution in [0.2, 0.25) is 0 Å². The second-order valence-corrected chi connectivity index (χ2v) is 1.92. The number of allylic oxidation sites excluding steroid dienone is 1. The van der Waals surface area contributed by atoms with E-state index in [0.29, 0.717) is 12.0 Å². The molecule has 0 atom stereocenters. The van der Waals surface area contributed by atoms with Crippen molar-refractivity contribution in [2.24, 2.45) is 0 Å². The summed E-state index contributed by atoms with van der Waals surface area (Å²) in [5, 5.41) is 8.55. The van der Waals surface area contributed by atoms with Crippen LogP contribution in [0.5, 0.6) is 0 Å². The topological polar surface area (TPSA) is 50.2 Å². The molecule has 1 rings (SSSR count). The number of aliphatic hydroxyl groups is 1. The van der Waals surface area contributed by atoms with Crippen LogP contribution in [0.3, 0.4) is 0 Å². The summed E-state index contributed by atoms with van der Waals surface area (Å²) < 4.78 is 0. The summed E-state index contributed by atoms with van der Waals surface area (Å²) in [6.07, 6.45) is 2.86. The van der Waals surface area contributed by atoms with Gasteiger partial charge in [0.1, 0.15) is 0 Å². The van der Waals surface area contributed by atoms with E-state index in [9.17, 15) is 4.79 Å². The highest BCUT2D eigenvalue weighted by Crippen LogP contribution is 2.05. The predicted molar refractivity (Wildman–Crippen MR) is 40.9 cm³/mol. The maximum absolute atomic E-state index is 10.3. The monoisotopic (exact) mass is 149 g/mol. The highest BCUT2D eigenvalue weighted by atomic mass is 16.2. The Morgan fingerprint density at radius 2 is 2.36 bits per heavy atom. The third-order valence-electron chi connectivity index (χ3n) is 1.23. The molecule has 0 bridgehead atoms. The van der Waals surface area contributed by atoms with Crippen molar-refractivity contribution >= 4 is 11.9 Å². The number of carbonyl (C=O) groups is 1. The molecular formula is C8H7NO2. The Hall–Kier alpha value is -1.64. The first kappa shape index (κ1) is 7.47. The average molecular weight is 149 g/mol. The minimum atomic E-state index is 0.186. The van der Waals surface area contributed by atoms with Crippen molar-refractivity contribution < 1.29 is 9.90 Å². The Bertz CT molecular complexity index is 267. The Labute approximate surface area is 64.0 Å². The molecule has 1 N–H and O–H groups in total. The Balaban J connectivity index is 3.01. The second-order valence-electron chi connectivity index (χ2n) is 1.92. The first-order valence-electron chi connectivity index (χ1n) is 3.09. The zero-order valence-electron chi connectivity index (χ0n) is 5.77. The minimum Gasteiger partial charge on any atom is -0.515 e. The van der Waals surface area contributed by atoms with Crippen LogP contribution >= 0.6 is 0 Å². The van der Waals surface area contributed by atoms with Crippen molar-refractivity contribution in [3.63, 3.8) is 0 Å². The number of aromatic nitrogens is 1. The molecule has 3 heteroatoms. The number of pyridine rings is 1. The van der Waals surface area contributed by atoms with E-state index >= 15 is 0 Å². The van der Waals surface area contributed by atoms with Gasteiger partial charge in [-0.1, -0.05) is 6.07 Å². The molecule has 1 aromatic heterocycles. The standard InChI is InChI=1S/C8H7NO2/c10-5-7(6-11)8-3-1-2-4-9-8/h1-6,10H. The van der Waals surface area contributed by atoms with Crippen LogP contribution in [0.1, 0.15) is 5.69 Å². The quantitative estimate of drug-likeness (QED) is 0.390. The zero-order valence-corrected chi connectivity index (χ0v) is 5.77. The van der Waals surface area contributed by atoms with Crippen molar-refractivity contribution in [2.75, 3.05) is 0 Å². The van der Waals surface area contributed by atoms with Gasteiger partial charge in [0.25, 0.3) is 0 Å². The summed E-state index contributed by atoms with van der Waals surface area (Å²) in [4.78, 5) is 14.1. The van der Waals surface area contributed by atoms with E-state index in [4.69, 9.17) is 5.11 Å². The van der Waals surface area contributed by atoms with Gasteiger partial charge in [-0.2, -0.15) is 0 Å². The van der Waals surface area contributed by atoms with Gasteiger partial charge in [-0.05, 0) is 12.1 Å².